The molecular weight excluding hydrogens is 174 g/mol. The summed E-state index contributed by atoms with van der Waals surface area (Å²) in [6.07, 6.45) is 8.05. The monoisotopic (exact) mass is 199 g/mol. The Morgan fingerprint density at radius 2 is 2.14 bits per heavy atom. The molecule has 0 saturated heterocycles. The summed E-state index contributed by atoms with van der Waals surface area (Å²) >= 11 is 0. The van der Waals surface area contributed by atoms with Crippen molar-refractivity contribution in [1.82, 2.24) is 0 Å². The highest BCUT2D eigenvalue weighted by atomic mass is 16.5. The molecule has 1 saturated carbocycles. The molecule has 3 unspecified atom stereocenters. The lowest BCUT2D eigenvalue weighted by Crippen LogP contribution is -2.30. The van der Waals surface area contributed by atoms with Crippen LogP contribution in [0.5, 0.6) is 0 Å². The predicted octanol–water partition coefficient (Wildman–Crippen LogP) is 2.71. The first-order chi connectivity index (χ1) is 6.76. The molecule has 2 heteroatoms. The highest BCUT2D eigenvalue weighted by Gasteiger charge is 2.21. The molecule has 2 nitrogen and oxygen atoms in total. The van der Waals surface area contributed by atoms with Gasteiger partial charge in [-0.1, -0.05) is 33.1 Å². The fourth-order valence-corrected chi connectivity index (χ4v) is 2.14. The van der Waals surface area contributed by atoms with E-state index in [1.165, 1.54) is 32.1 Å². The summed E-state index contributed by atoms with van der Waals surface area (Å²) < 4.78 is 5.84. The van der Waals surface area contributed by atoms with Gasteiger partial charge >= 0.3 is 0 Å². The van der Waals surface area contributed by atoms with E-state index in [1.54, 1.807) is 0 Å². The van der Waals surface area contributed by atoms with Crippen molar-refractivity contribution in [2.24, 2.45) is 11.7 Å². The van der Waals surface area contributed by atoms with Crippen LogP contribution in [0.15, 0.2) is 0 Å². The minimum absolute atomic E-state index is 0.233. The predicted molar refractivity (Wildman–Crippen MR) is 60.3 cm³/mol. The van der Waals surface area contributed by atoms with Gasteiger partial charge < -0.3 is 10.5 Å². The van der Waals surface area contributed by atoms with Crippen molar-refractivity contribution >= 4 is 0 Å². The maximum atomic E-state index is 5.84. The average Bonchev–Trinajstić information content (AvgIpc) is 2.26. The maximum Gasteiger partial charge on any atom is 0.0621 e. The fourth-order valence-electron chi connectivity index (χ4n) is 2.14. The topological polar surface area (TPSA) is 35.2 Å². The molecule has 0 aliphatic heterocycles. The summed E-state index contributed by atoms with van der Waals surface area (Å²) in [5.74, 6) is 0.895. The van der Waals surface area contributed by atoms with Crippen LogP contribution in [0.4, 0.5) is 0 Å². The van der Waals surface area contributed by atoms with Crippen LogP contribution in [-0.2, 0) is 4.74 Å². The summed E-state index contributed by atoms with van der Waals surface area (Å²) in [5, 5.41) is 0. The molecule has 84 valence electrons. The van der Waals surface area contributed by atoms with Gasteiger partial charge in [-0.15, -0.1) is 0 Å². The molecule has 0 radical (unpaired) electrons. The van der Waals surface area contributed by atoms with Gasteiger partial charge in [0.05, 0.1) is 12.7 Å². The third-order valence-corrected chi connectivity index (χ3v) is 3.38. The summed E-state index contributed by atoms with van der Waals surface area (Å²) in [7, 11) is 0. The lowest BCUT2D eigenvalue weighted by molar-refractivity contribution is 0.00553. The average molecular weight is 199 g/mol. The molecule has 14 heavy (non-hydrogen) atoms. The van der Waals surface area contributed by atoms with Crippen molar-refractivity contribution in [3.8, 4) is 0 Å². The quantitative estimate of drug-likeness (QED) is 0.739. The Morgan fingerprint density at radius 3 is 2.79 bits per heavy atom. The van der Waals surface area contributed by atoms with Crippen LogP contribution >= 0.6 is 0 Å². The van der Waals surface area contributed by atoms with Gasteiger partial charge in [-0.25, -0.2) is 0 Å². The Bertz CT molecular complexity index is 149. The van der Waals surface area contributed by atoms with Gasteiger partial charge in [0.25, 0.3) is 0 Å². The van der Waals surface area contributed by atoms with Gasteiger partial charge in [0.1, 0.15) is 0 Å². The van der Waals surface area contributed by atoms with Crippen molar-refractivity contribution in [1.29, 1.82) is 0 Å². The van der Waals surface area contributed by atoms with Gasteiger partial charge in [-0.3, -0.25) is 0 Å². The minimum atomic E-state index is 0.233. The molecular formula is C12H25NO. The fraction of sp³-hybridized carbons (Fsp3) is 1.00. The third-order valence-electron chi connectivity index (χ3n) is 3.38. The van der Waals surface area contributed by atoms with E-state index in [0.717, 1.165) is 18.9 Å². The van der Waals surface area contributed by atoms with E-state index in [1.807, 2.05) is 0 Å². The molecule has 0 amide bonds. The first kappa shape index (κ1) is 12.0. The van der Waals surface area contributed by atoms with Crippen LogP contribution < -0.4 is 5.73 Å². The van der Waals surface area contributed by atoms with Gasteiger partial charge in [0, 0.05) is 6.04 Å². The van der Waals surface area contributed by atoms with E-state index in [0.29, 0.717) is 6.10 Å². The summed E-state index contributed by atoms with van der Waals surface area (Å²) in [5.41, 5.74) is 5.83. The largest absolute Gasteiger partial charge is 0.377 e. The SMILES string of the molecule is CCC(N)COC1CCCC(CC)C1. The summed E-state index contributed by atoms with van der Waals surface area (Å²) in [6.45, 7) is 5.15. The number of ether oxygens (including phenoxy) is 1. The van der Waals surface area contributed by atoms with Crippen LogP contribution in [0.25, 0.3) is 0 Å². The van der Waals surface area contributed by atoms with E-state index in [9.17, 15) is 0 Å². The van der Waals surface area contributed by atoms with Crippen molar-refractivity contribution < 1.29 is 4.74 Å². The molecule has 3 atom stereocenters. The summed E-state index contributed by atoms with van der Waals surface area (Å²) in [6, 6.07) is 0.233. The molecule has 1 aliphatic rings. The number of rotatable bonds is 5. The van der Waals surface area contributed by atoms with Crippen molar-refractivity contribution in [3.05, 3.63) is 0 Å². The Kier molecular flexibility index (Phi) is 5.49. The van der Waals surface area contributed by atoms with Crippen LogP contribution in [0.1, 0.15) is 52.4 Å². The molecule has 0 aromatic heterocycles. The molecule has 0 aromatic rings. The maximum absolute atomic E-state index is 5.84. The van der Waals surface area contributed by atoms with Crippen LogP contribution in [0, 0.1) is 5.92 Å². The van der Waals surface area contributed by atoms with Crippen molar-refractivity contribution in [3.63, 3.8) is 0 Å². The lowest BCUT2D eigenvalue weighted by Gasteiger charge is -2.29. The van der Waals surface area contributed by atoms with Gasteiger partial charge in [-0.2, -0.15) is 0 Å². The molecule has 0 spiro atoms. The normalized spacial score (nSPS) is 30.2. The molecule has 0 aromatic carbocycles. The molecule has 1 fully saturated rings. The molecule has 1 rings (SSSR count). The summed E-state index contributed by atoms with van der Waals surface area (Å²) in [4.78, 5) is 0. The molecule has 0 heterocycles. The molecule has 1 aliphatic carbocycles. The van der Waals surface area contributed by atoms with E-state index in [4.69, 9.17) is 10.5 Å². The highest BCUT2D eigenvalue weighted by molar-refractivity contribution is 4.73. The first-order valence-electron chi connectivity index (χ1n) is 6.13. The lowest BCUT2D eigenvalue weighted by atomic mass is 9.85. The van der Waals surface area contributed by atoms with Crippen LogP contribution in [0.2, 0.25) is 0 Å². The van der Waals surface area contributed by atoms with Gasteiger partial charge in [-0.05, 0) is 25.2 Å². The number of hydrogen-bond donors (Lipinski definition) is 1. The Balaban J connectivity index is 2.17. The second-order valence-corrected chi connectivity index (χ2v) is 4.56. The molecule has 0 bridgehead atoms. The van der Waals surface area contributed by atoms with Crippen LogP contribution in [0.3, 0.4) is 0 Å². The number of hydrogen-bond acceptors (Lipinski definition) is 2. The van der Waals surface area contributed by atoms with Gasteiger partial charge in [0.15, 0.2) is 0 Å². The molecule has 2 N–H and O–H groups in total. The Morgan fingerprint density at radius 1 is 1.36 bits per heavy atom. The Hall–Kier alpha value is -0.0800. The zero-order valence-electron chi connectivity index (χ0n) is 9.67. The zero-order chi connectivity index (χ0) is 10.4. The van der Waals surface area contributed by atoms with Crippen molar-refractivity contribution in [2.45, 2.75) is 64.5 Å². The van der Waals surface area contributed by atoms with E-state index in [-0.39, 0.29) is 6.04 Å². The van der Waals surface area contributed by atoms with E-state index >= 15 is 0 Å². The van der Waals surface area contributed by atoms with E-state index in [2.05, 4.69) is 13.8 Å². The minimum Gasteiger partial charge on any atom is -0.377 e. The van der Waals surface area contributed by atoms with Crippen LogP contribution in [-0.4, -0.2) is 18.8 Å². The smallest absolute Gasteiger partial charge is 0.0621 e. The second kappa shape index (κ2) is 6.41. The highest BCUT2D eigenvalue weighted by Crippen LogP contribution is 2.28. The third kappa shape index (κ3) is 3.97. The zero-order valence-corrected chi connectivity index (χ0v) is 9.67. The standard InChI is InChI=1S/C12H25NO/c1-3-10-6-5-7-12(8-10)14-9-11(13)4-2/h10-12H,3-9,13H2,1-2H3. The van der Waals surface area contributed by atoms with Crippen molar-refractivity contribution in [2.75, 3.05) is 6.61 Å². The van der Waals surface area contributed by atoms with Gasteiger partial charge in [0.2, 0.25) is 0 Å². The van der Waals surface area contributed by atoms with E-state index < -0.39 is 0 Å². The number of nitrogens with two attached hydrogens (primary N) is 1. The second-order valence-electron chi connectivity index (χ2n) is 4.56. The Labute approximate surface area is 88.2 Å². The first-order valence-corrected chi connectivity index (χ1v) is 6.13.